The first kappa shape index (κ1) is 17.7. The van der Waals surface area contributed by atoms with Crippen LogP contribution in [0.15, 0.2) is 24.3 Å². The van der Waals surface area contributed by atoms with E-state index in [1.807, 2.05) is 18.2 Å². The van der Waals surface area contributed by atoms with E-state index >= 15 is 0 Å². The Balaban J connectivity index is 1.70. The zero-order chi connectivity index (χ0) is 17.9. The van der Waals surface area contributed by atoms with Gasteiger partial charge in [0, 0.05) is 25.9 Å². The van der Waals surface area contributed by atoms with Gasteiger partial charge in [0.25, 0.3) is 0 Å². The van der Waals surface area contributed by atoms with Gasteiger partial charge in [-0.3, -0.25) is 9.59 Å². The number of benzene rings is 1. The third-order valence-corrected chi connectivity index (χ3v) is 4.94. The van der Waals surface area contributed by atoms with Gasteiger partial charge in [0.15, 0.2) is 0 Å². The van der Waals surface area contributed by atoms with Gasteiger partial charge in [-0.2, -0.15) is 0 Å². The van der Waals surface area contributed by atoms with Crippen molar-refractivity contribution in [3.05, 3.63) is 29.8 Å². The van der Waals surface area contributed by atoms with Crippen LogP contribution in [0, 0.1) is 0 Å². The quantitative estimate of drug-likeness (QED) is 0.821. The summed E-state index contributed by atoms with van der Waals surface area (Å²) < 4.78 is 11.1. The molecule has 1 fully saturated rings. The van der Waals surface area contributed by atoms with Crippen molar-refractivity contribution in [2.45, 2.75) is 18.4 Å². The largest absolute Gasteiger partial charge is 0.377 e. The molecule has 25 heavy (non-hydrogen) atoms. The fourth-order valence-corrected chi connectivity index (χ4v) is 3.57. The first-order chi connectivity index (χ1) is 12.0. The number of nitrogens with two attached hydrogens (primary N) is 1. The van der Waals surface area contributed by atoms with Gasteiger partial charge < -0.3 is 25.0 Å². The van der Waals surface area contributed by atoms with Crippen molar-refractivity contribution in [1.29, 1.82) is 0 Å². The number of methoxy groups -OCH3 is 1. The molecule has 2 N–H and O–H groups in total. The fraction of sp³-hybridized carbons (Fsp3) is 0.556. The minimum atomic E-state index is -0.874. The summed E-state index contributed by atoms with van der Waals surface area (Å²) in [5.41, 5.74) is 6.88. The molecule has 2 aliphatic heterocycles. The van der Waals surface area contributed by atoms with Gasteiger partial charge in [0.2, 0.25) is 11.8 Å². The van der Waals surface area contributed by atoms with Gasteiger partial charge in [-0.05, 0) is 18.1 Å². The molecular formula is C18H25N3O4. The van der Waals surface area contributed by atoms with E-state index in [4.69, 9.17) is 15.2 Å². The maximum Gasteiger partial charge on any atom is 0.242 e. The van der Waals surface area contributed by atoms with E-state index in [1.165, 1.54) is 12.7 Å². The van der Waals surface area contributed by atoms with Crippen LogP contribution in [0.1, 0.15) is 12.0 Å². The third-order valence-electron chi connectivity index (χ3n) is 4.94. The second-order valence-corrected chi connectivity index (χ2v) is 6.70. The van der Waals surface area contributed by atoms with E-state index < -0.39 is 11.5 Å². The number of primary amides is 1. The van der Waals surface area contributed by atoms with Crippen molar-refractivity contribution in [3.63, 3.8) is 0 Å². The summed E-state index contributed by atoms with van der Waals surface area (Å²) in [4.78, 5) is 28.1. The second kappa shape index (κ2) is 7.41. The lowest BCUT2D eigenvalue weighted by atomic mass is 9.99. The molecule has 0 unspecified atom stereocenters. The zero-order valence-corrected chi connectivity index (χ0v) is 14.6. The Morgan fingerprint density at radius 3 is 2.88 bits per heavy atom. The summed E-state index contributed by atoms with van der Waals surface area (Å²) in [7, 11) is 1.52. The van der Waals surface area contributed by atoms with Crippen LogP contribution in [0.2, 0.25) is 0 Å². The van der Waals surface area contributed by atoms with Crippen LogP contribution in [0.5, 0.6) is 0 Å². The van der Waals surface area contributed by atoms with Crippen LogP contribution in [0.3, 0.4) is 0 Å². The molecule has 1 atom stereocenters. The average Bonchev–Trinajstić information content (AvgIpc) is 2.87. The van der Waals surface area contributed by atoms with E-state index in [9.17, 15) is 9.59 Å². The van der Waals surface area contributed by atoms with Gasteiger partial charge >= 0.3 is 0 Å². The molecule has 3 rings (SSSR count). The Kier molecular flexibility index (Phi) is 5.24. The summed E-state index contributed by atoms with van der Waals surface area (Å²) in [5, 5.41) is 0. The number of hydrogen-bond acceptors (Lipinski definition) is 5. The smallest absolute Gasteiger partial charge is 0.242 e. The Morgan fingerprint density at radius 2 is 2.12 bits per heavy atom. The lowest BCUT2D eigenvalue weighted by Crippen LogP contribution is -2.51. The summed E-state index contributed by atoms with van der Waals surface area (Å²) in [6.45, 7) is 2.62. The summed E-state index contributed by atoms with van der Waals surface area (Å²) >= 11 is 0. The molecule has 1 aromatic rings. The van der Waals surface area contributed by atoms with E-state index in [2.05, 4.69) is 11.0 Å². The number of amides is 2. The van der Waals surface area contributed by atoms with E-state index in [1.54, 1.807) is 4.90 Å². The molecule has 0 radical (unpaired) electrons. The number of ether oxygens (including phenoxy) is 2. The third kappa shape index (κ3) is 3.93. The van der Waals surface area contributed by atoms with Gasteiger partial charge in [0.05, 0.1) is 32.7 Å². The van der Waals surface area contributed by atoms with Crippen LogP contribution in [0.4, 0.5) is 5.69 Å². The van der Waals surface area contributed by atoms with Gasteiger partial charge in [0.1, 0.15) is 5.60 Å². The number of carbonyl (C=O) groups is 2. The normalized spacial score (nSPS) is 23.2. The van der Waals surface area contributed by atoms with Gasteiger partial charge in [-0.25, -0.2) is 0 Å². The molecule has 1 saturated heterocycles. The maximum absolute atomic E-state index is 12.9. The number of hydrogen-bond donors (Lipinski definition) is 1. The first-order valence-corrected chi connectivity index (χ1v) is 8.55. The lowest BCUT2D eigenvalue weighted by Gasteiger charge is -2.34. The van der Waals surface area contributed by atoms with Crippen molar-refractivity contribution in [3.8, 4) is 0 Å². The topological polar surface area (TPSA) is 85.1 Å². The zero-order valence-electron chi connectivity index (χ0n) is 14.6. The number of anilines is 1. The lowest BCUT2D eigenvalue weighted by molar-refractivity contribution is -0.138. The Bertz CT molecular complexity index is 651. The Morgan fingerprint density at radius 1 is 1.32 bits per heavy atom. The number of carbonyl (C=O) groups excluding carboxylic acids is 2. The van der Waals surface area contributed by atoms with Gasteiger partial charge in [-0.15, -0.1) is 0 Å². The summed E-state index contributed by atoms with van der Waals surface area (Å²) in [6.07, 6.45) is 0.982. The molecule has 2 heterocycles. The molecule has 136 valence electrons. The minimum absolute atomic E-state index is 0.00750. The SMILES string of the molecule is CO[C@@]1(CC(N)=O)COCCN(C(=O)CN2CCc3ccccc32)C1. The van der Waals surface area contributed by atoms with Crippen molar-refractivity contribution in [2.75, 3.05) is 51.4 Å². The molecule has 0 aromatic heterocycles. The van der Waals surface area contributed by atoms with Crippen LogP contribution < -0.4 is 10.6 Å². The van der Waals surface area contributed by atoms with Crippen molar-refractivity contribution in [2.24, 2.45) is 5.73 Å². The molecule has 7 heteroatoms. The van der Waals surface area contributed by atoms with Crippen molar-refractivity contribution < 1.29 is 19.1 Å². The highest BCUT2D eigenvalue weighted by Gasteiger charge is 2.38. The fourth-order valence-electron chi connectivity index (χ4n) is 3.57. The standard InChI is InChI=1S/C18H25N3O4/c1-24-18(10-16(19)22)12-21(8-9-25-13-18)17(23)11-20-7-6-14-4-2-3-5-15(14)20/h2-5H,6-13H2,1H3,(H2,19,22)/t18-/m1/s1. The number of fused-ring (bicyclic) bond motifs is 1. The number of rotatable bonds is 5. The average molecular weight is 347 g/mol. The highest BCUT2D eigenvalue weighted by molar-refractivity contribution is 5.83. The number of para-hydroxylation sites is 1. The van der Waals surface area contributed by atoms with Crippen LogP contribution in [0.25, 0.3) is 0 Å². The van der Waals surface area contributed by atoms with E-state index in [0.29, 0.717) is 26.2 Å². The highest BCUT2D eigenvalue weighted by atomic mass is 16.5. The van der Waals surface area contributed by atoms with E-state index in [-0.39, 0.29) is 18.9 Å². The second-order valence-electron chi connectivity index (χ2n) is 6.70. The Hall–Kier alpha value is -2.12. The molecule has 2 amide bonds. The first-order valence-electron chi connectivity index (χ1n) is 8.55. The van der Waals surface area contributed by atoms with Crippen molar-refractivity contribution >= 4 is 17.5 Å². The molecule has 0 aliphatic carbocycles. The molecule has 0 spiro atoms. The Labute approximate surface area is 147 Å². The van der Waals surface area contributed by atoms with Crippen molar-refractivity contribution in [1.82, 2.24) is 4.90 Å². The van der Waals surface area contributed by atoms with E-state index in [0.717, 1.165) is 18.7 Å². The molecular weight excluding hydrogens is 322 g/mol. The number of nitrogens with zero attached hydrogens (tertiary/aromatic N) is 2. The summed E-state index contributed by atoms with van der Waals surface area (Å²) in [5.74, 6) is -0.457. The predicted molar refractivity (Wildman–Crippen MR) is 93.3 cm³/mol. The highest BCUT2D eigenvalue weighted by Crippen LogP contribution is 2.27. The molecule has 2 aliphatic rings. The molecule has 0 saturated carbocycles. The van der Waals surface area contributed by atoms with Crippen LogP contribution in [-0.2, 0) is 25.5 Å². The maximum atomic E-state index is 12.9. The predicted octanol–water partition coefficient (Wildman–Crippen LogP) is 0.169. The molecule has 1 aromatic carbocycles. The molecule has 0 bridgehead atoms. The van der Waals surface area contributed by atoms with Crippen LogP contribution >= 0.6 is 0 Å². The molecule has 7 nitrogen and oxygen atoms in total. The summed E-state index contributed by atoms with van der Waals surface area (Å²) in [6, 6.07) is 8.16. The monoisotopic (exact) mass is 347 g/mol. The van der Waals surface area contributed by atoms with Crippen LogP contribution in [-0.4, -0.2) is 68.8 Å². The minimum Gasteiger partial charge on any atom is -0.377 e. The van der Waals surface area contributed by atoms with Gasteiger partial charge in [-0.1, -0.05) is 18.2 Å².